The number of methoxy groups -OCH3 is 2. The van der Waals surface area contributed by atoms with Crippen LogP contribution in [0.2, 0.25) is 10.0 Å². The number of likely N-dealkylation sites (tertiary alicyclic amines) is 1. The molecule has 0 radical (unpaired) electrons. The van der Waals surface area contributed by atoms with Crippen LogP contribution < -0.4 is 14.8 Å². The maximum atomic E-state index is 13.6. The number of nitrogens with one attached hydrogen (secondary N) is 1. The summed E-state index contributed by atoms with van der Waals surface area (Å²) in [5.74, 6) is 1.39. The molecule has 0 bridgehead atoms. The Morgan fingerprint density at radius 3 is 2.41 bits per heavy atom. The molecule has 5 aromatic rings. The summed E-state index contributed by atoms with van der Waals surface area (Å²) >= 11 is 14.3. The molecule has 1 fully saturated rings. The van der Waals surface area contributed by atoms with Gasteiger partial charge in [0.1, 0.15) is 5.60 Å². The van der Waals surface area contributed by atoms with Crippen molar-refractivity contribution in [2.75, 3.05) is 40.5 Å². The van der Waals surface area contributed by atoms with Crippen LogP contribution in [0.4, 0.5) is 4.79 Å². The van der Waals surface area contributed by atoms with E-state index in [0.717, 1.165) is 0 Å². The molecule has 16 heteroatoms. The predicted molar refractivity (Wildman–Crippen MR) is 214 cm³/mol. The first-order valence-corrected chi connectivity index (χ1v) is 19.1. The van der Waals surface area contributed by atoms with Crippen LogP contribution in [0.3, 0.4) is 0 Å². The lowest BCUT2D eigenvalue weighted by Crippen LogP contribution is -2.49. The molecule has 5 heterocycles. The average molecular weight is 806 g/mol. The number of pyridine rings is 3. The van der Waals surface area contributed by atoms with E-state index in [2.05, 4.69) is 20.4 Å². The largest absolute Gasteiger partial charge is 0.493 e. The summed E-state index contributed by atoms with van der Waals surface area (Å²) in [6.07, 6.45) is 4.26. The monoisotopic (exact) mass is 804 g/mol. The number of hydrogen-bond donors (Lipinski definition) is 2. The molecule has 0 spiro atoms. The van der Waals surface area contributed by atoms with Gasteiger partial charge in [-0.25, -0.2) is 19.3 Å². The van der Waals surface area contributed by atoms with Crippen molar-refractivity contribution in [3.63, 3.8) is 0 Å². The summed E-state index contributed by atoms with van der Waals surface area (Å²) in [7, 11) is 3.09. The lowest BCUT2D eigenvalue weighted by atomic mass is 9.99. The lowest BCUT2D eigenvalue weighted by molar-refractivity contribution is -0.130. The van der Waals surface area contributed by atoms with Crippen molar-refractivity contribution in [3.8, 4) is 45.3 Å². The van der Waals surface area contributed by atoms with Gasteiger partial charge >= 0.3 is 6.09 Å². The second-order valence-electron chi connectivity index (χ2n) is 14.4. The Bertz CT molecular complexity index is 2220. The van der Waals surface area contributed by atoms with Gasteiger partial charge in [-0.2, -0.15) is 0 Å². The van der Waals surface area contributed by atoms with Gasteiger partial charge in [-0.3, -0.25) is 9.78 Å². The number of benzene rings is 1. The van der Waals surface area contributed by atoms with E-state index in [1.54, 1.807) is 46.8 Å². The first kappa shape index (κ1) is 40.6. The fourth-order valence-electron chi connectivity index (χ4n) is 6.68. The summed E-state index contributed by atoms with van der Waals surface area (Å²) in [6, 6.07) is 12.8. The number of aliphatic hydroxyl groups is 1. The first-order valence-electron chi connectivity index (χ1n) is 18.3. The molecule has 1 aromatic carbocycles. The average Bonchev–Trinajstić information content (AvgIpc) is 3.59. The standard InChI is InChI=1S/C40H46Cl2N8O6/c1-24(52)48-17-13-27(14-18-48)49(39(53)56-40(2,3)4)22-25-10-11-31(45-38(25)55-6)30-9-7-8-28(34(30)41)29-12-15-44-36(35(29)42)26-20-32(54-5)37-46-33(21-43-16-19-51)47-50(37)23-26/h7-12,15,20,23,27,43,51H,13-14,16-19,21-22H2,1-6H3. The third-order valence-corrected chi connectivity index (χ3v) is 10.2. The highest BCUT2D eigenvalue weighted by atomic mass is 35.5. The quantitative estimate of drug-likeness (QED) is 0.130. The van der Waals surface area contributed by atoms with Crippen molar-refractivity contribution < 1.29 is 28.9 Å². The molecular weight excluding hydrogens is 759 g/mol. The first-order chi connectivity index (χ1) is 26.8. The number of ether oxygens (including phenoxy) is 3. The van der Waals surface area contributed by atoms with Crippen LogP contribution in [0.25, 0.3) is 39.3 Å². The Labute approximate surface area is 335 Å². The van der Waals surface area contributed by atoms with Gasteiger partial charge in [0, 0.05) is 72.8 Å². The molecule has 1 saturated heterocycles. The number of fused-ring (bicyclic) bond motifs is 1. The topological polar surface area (TPSA) is 157 Å². The maximum absolute atomic E-state index is 13.6. The van der Waals surface area contributed by atoms with Crippen LogP contribution in [0.15, 0.2) is 54.9 Å². The Hall–Kier alpha value is -5.02. The Morgan fingerprint density at radius 2 is 1.73 bits per heavy atom. The summed E-state index contributed by atoms with van der Waals surface area (Å²) in [6.45, 7) is 9.18. The number of aliphatic hydroxyl groups excluding tert-OH is 1. The zero-order valence-electron chi connectivity index (χ0n) is 32.3. The molecule has 1 aliphatic heterocycles. The van der Waals surface area contributed by atoms with Crippen LogP contribution in [-0.4, -0.2) is 104 Å². The second-order valence-corrected chi connectivity index (χ2v) is 15.1. The van der Waals surface area contributed by atoms with Crippen molar-refractivity contribution in [1.29, 1.82) is 0 Å². The van der Waals surface area contributed by atoms with Crippen LogP contribution >= 0.6 is 23.2 Å². The number of rotatable bonds is 12. The van der Waals surface area contributed by atoms with Crippen LogP contribution in [-0.2, 0) is 22.6 Å². The zero-order chi connectivity index (χ0) is 40.1. The van der Waals surface area contributed by atoms with E-state index < -0.39 is 11.7 Å². The van der Waals surface area contributed by atoms with Gasteiger partial charge in [-0.05, 0) is 57.9 Å². The SMILES string of the molecule is COc1nc(-c2cccc(-c3ccnc(-c4cc(OC)c5nc(CNCCO)nn5c4)c3Cl)c2Cl)ccc1CN(C(=O)OC(C)(C)C)C1CCN(C(C)=O)CC1. The Balaban J connectivity index is 1.30. The number of piperidine rings is 1. The molecule has 0 unspecified atom stereocenters. The third-order valence-electron chi connectivity index (χ3n) is 9.41. The van der Waals surface area contributed by atoms with Crippen LogP contribution in [0.1, 0.15) is 51.9 Å². The minimum absolute atomic E-state index is 0.00644. The predicted octanol–water partition coefficient (Wildman–Crippen LogP) is 6.67. The fourth-order valence-corrected chi connectivity index (χ4v) is 7.33. The van der Waals surface area contributed by atoms with E-state index in [4.69, 9.17) is 47.5 Å². The Morgan fingerprint density at radius 1 is 1.00 bits per heavy atom. The highest BCUT2D eigenvalue weighted by molar-refractivity contribution is 6.39. The molecule has 0 atom stereocenters. The molecule has 56 heavy (non-hydrogen) atoms. The summed E-state index contributed by atoms with van der Waals surface area (Å²) in [5, 5.41) is 17.6. The van der Waals surface area contributed by atoms with Gasteiger partial charge in [0.15, 0.2) is 17.2 Å². The summed E-state index contributed by atoms with van der Waals surface area (Å²) in [4.78, 5) is 43.1. The van der Waals surface area contributed by atoms with E-state index in [0.29, 0.717) is 111 Å². The van der Waals surface area contributed by atoms with Crippen LogP contribution in [0, 0.1) is 0 Å². The molecule has 6 rings (SSSR count). The number of amides is 2. The van der Waals surface area contributed by atoms with Crippen molar-refractivity contribution in [2.24, 2.45) is 0 Å². The molecule has 14 nitrogen and oxygen atoms in total. The maximum Gasteiger partial charge on any atom is 0.410 e. The number of halogens is 2. The van der Waals surface area contributed by atoms with Gasteiger partial charge in [-0.1, -0.05) is 41.4 Å². The summed E-state index contributed by atoms with van der Waals surface area (Å²) < 4.78 is 18.9. The third kappa shape index (κ3) is 8.99. The number of carbonyl (C=O) groups excluding carboxylic acids is 2. The van der Waals surface area contributed by atoms with Crippen molar-refractivity contribution in [1.82, 2.24) is 39.7 Å². The normalized spacial score (nSPS) is 13.6. The molecule has 2 amide bonds. The Kier molecular flexibility index (Phi) is 12.6. The summed E-state index contributed by atoms with van der Waals surface area (Å²) in [5.41, 5.74) is 4.21. The van der Waals surface area contributed by atoms with Crippen molar-refractivity contribution in [3.05, 3.63) is 76.3 Å². The van der Waals surface area contributed by atoms with E-state index in [-0.39, 0.29) is 25.1 Å². The van der Waals surface area contributed by atoms with E-state index in [1.807, 2.05) is 57.2 Å². The molecule has 4 aromatic heterocycles. The van der Waals surface area contributed by atoms with Gasteiger partial charge in [0.25, 0.3) is 0 Å². The number of carbonyl (C=O) groups is 2. The van der Waals surface area contributed by atoms with Gasteiger partial charge < -0.3 is 34.4 Å². The van der Waals surface area contributed by atoms with E-state index >= 15 is 0 Å². The van der Waals surface area contributed by atoms with E-state index in [1.165, 1.54) is 7.11 Å². The zero-order valence-corrected chi connectivity index (χ0v) is 33.8. The molecular formula is C40H46Cl2N8O6. The molecule has 0 aliphatic carbocycles. The van der Waals surface area contributed by atoms with Gasteiger partial charge in [0.2, 0.25) is 11.8 Å². The highest BCUT2D eigenvalue weighted by Gasteiger charge is 2.33. The highest BCUT2D eigenvalue weighted by Crippen LogP contribution is 2.42. The van der Waals surface area contributed by atoms with E-state index in [9.17, 15) is 9.59 Å². The minimum Gasteiger partial charge on any atom is -0.493 e. The van der Waals surface area contributed by atoms with Crippen molar-refractivity contribution in [2.45, 2.75) is 65.3 Å². The number of nitrogens with zero attached hydrogens (tertiary/aromatic N) is 7. The van der Waals surface area contributed by atoms with Gasteiger partial charge in [-0.15, -0.1) is 5.10 Å². The number of hydrogen-bond acceptors (Lipinski definition) is 11. The fraction of sp³-hybridized carbons (Fsp3) is 0.400. The molecule has 0 saturated carbocycles. The second kappa shape index (κ2) is 17.4. The molecule has 2 N–H and O–H groups in total. The molecule has 1 aliphatic rings. The smallest absolute Gasteiger partial charge is 0.410 e. The molecule has 296 valence electrons. The van der Waals surface area contributed by atoms with Crippen molar-refractivity contribution >= 4 is 40.8 Å². The minimum atomic E-state index is -0.692. The van der Waals surface area contributed by atoms with Crippen LogP contribution in [0.5, 0.6) is 11.6 Å². The van der Waals surface area contributed by atoms with Gasteiger partial charge in [0.05, 0.1) is 55.3 Å². The number of aromatic nitrogens is 5. The lowest BCUT2D eigenvalue weighted by Gasteiger charge is -2.39.